The van der Waals surface area contributed by atoms with Crippen molar-refractivity contribution in [3.63, 3.8) is 0 Å². The van der Waals surface area contributed by atoms with Crippen LogP contribution in [-0.2, 0) is 10.0 Å². The Morgan fingerprint density at radius 1 is 1.38 bits per heavy atom. The Hall–Kier alpha value is -1.45. The van der Waals surface area contributed by atoms with Crippen LogP contribution in [0.15, 0.2) is 32.9 Å². The first-order chi connectivity index (χ1) is 9.70. The average molecular weight is 393 g/mol. The Bertz CT molecular complexity index is 818. The summed E-state index contributed by atoms with van der Waals surface area (Å²) in [6, 6.07) is 4.73. The van der Waals surface area contributed by atoms with Crippen LogP contribution < -0.4 is 10.5 Å². The maximum Gasteiger partial charge on any atom is 0.263 e. The van der Waals surface area contributed by atoms with Crippen molar-refractivity contribution in [2.45, 2.75) is 11.8 Å². The molecule has 9 heteroatoms. The molecular weight excluding hydrogens is 383 g/mol. The van der Waals surface area contributed by atoms with Crippen LogP contribution in [0.4, 0.5) is 10.1 Å². The summed E-state index contributed by atoms with van der Waals surface area (Å²) in [5, 5.41) is 0. The molecule has 0 radical (unpaired) electrons. The fourth-order valence-corrected chi connectivity index (χ4v) is 5.15. The summed E-state index contributed by atoms with van der Waals surface area (Å²) < 4.78 is 40.9. The van der Waals surface area contributed by atoms with E-state index in [0.29, 0.717) is 8.66 Å². The second-order valence-corrected chi connectivity index (χ2v) is 8.42. The molecule has 0 aliphatic heterocycles. The molecule has 0 aliphatic rings. The van der Waals surface area contributed by atoms with Gasteiger partial charge in [0.05, 0.1) is 9.35 Å². The Morgan fingerprint density at radius 3 is 2.57 bits per heavy atom. The molecule has 5 nitrogen and oxygen atoms in total. The van der Waals surface area contributed by atoms with Crippen LogP contribution in [0.5, 0.6) is 0 Å². The van der Waals surface area contributed by atoms with Crippen LogP contribution in [0.1, 0.15) is 15.2 Å². The molecule has 1 amide bonds. The molecule has 0 saturated carbocycles. The highest BCUT2D eigenvalue weighted by atomic mass is 79.9. The quantitative estimate of drug-likeness (QED) is 0.837. The monoisotopic (exact) mass is 392 g/mol. The number of benzene rings is 1. The second-order valence-electron chi connectivity index (χ2n) is 4.14. The van der Waals surface area contributed by atoms with E-state index in [1.165, 1.54) is 23.5 Å². The van der Waals surface area contributed by atoms with Crippen molar-refractivity contribution in [2.75, 3.05) is 4.72 Å². The lowest BCUT2D eigenvalue weighted by molar-refractivity contribution is 0.0996. The summed E-state index contributed by atoms with van der Waals surface area (Å²) in [5.41, 5.74) is 4.71. The van der Waals surface area contributed by atoms with Crippen molar-refractivity contribution in [1.82, 2.24) is 0 Å². The molecule has 1 aromatic heterocycles. The summed E-state index contributed by atoms with van der Waals surface area (Å²) in [6.45, 7) is 1.67. The summed E-state index contributed by atoms with van der Waals surface area (Å²) in [4.78, 5) is 11.8. The number of thiophene rings is 1. The van der Waals surface area contributed by atoms with Gasteiger partial charge >= 0.3 is 0 Å². The van der Waals surface area contributed by atoms with E-state index in [4.69, 9.17) is 5.73 Å². The number of hydrogen-bond acceptors (Lipinski definition) is 4. The summed E-state index contributed by atoms with van der Waals surface area (Å²) in [5.74, 6) is -1.78. The van der Waals surface area contributed by atoms with Crippen molar-refractivity contribution in [2.24, 2.45) is 5.73 Å². The number of hydrogen-bond donors (Lipinski definition) is 2. The molecule has 0 aliphatic carbocycles. The van der Waals surface area contributed by atoms with E-state index in [0.717, 1.165) is 12.1 Å². The number of carbonyl (C=O) groups excluding carboxylic acids is 1. The van der Waals surface area contributed by atoms with Crippen molar-refractivity contribution >= 4 is 48.9 Å². The van der Waals surface area contributed by atoms with Gasteiger partial charge < -0.3 is 5.73 Å². The molecule has 0 unspecified atom stereocenters. The van der Waals surface area contributed by atoms with Gasteiger partial charge in [-0.15, -0.1) is 11.3 Å². The van der Waals surface area contributed by atoms with Gasteiger partial charge in [0.25, 0.3) is 15.9 Å². The number of nitrogens with one attached hydrogen (secondary N) is 1. The third-order valence-electron chi connectivity index (χ3n) is 2.62. The number of rotatable bonds is 4. The Morgan fingerprint density at radius 2 is 2.05 bits per heavy atom. The van der Waals surface area contributed by atoms with E-state index in [1.807, 2.05) is 0 Å². The number of carbonyl (C=O) groups is 1. The van der Waals surface area contributed by atoms with Crippen molar-refractivity contribution < 1.29 is 17.6 Å². The van der Waals surface area contributed by atoms with E-state index in [-0.39, 0.29) is 16.1 Å². The zero-order valence-corrected chi connectivity index (χ0v) is 13.9. The van der Waals surface area contributed by atoms with Crippen LogP contribution in [0.2, 0.25) is 0 Å². The van der Waals surface area contributed by atoms with Crippen LogP contribution >= 0.6 is 27.3 Å². The van der Waals surface area contributed by atoms with Gasteiger partial charge in [0, 0.05) is 10.6 Å². The molecule has 0 fully saturated rings. The number of halogens is 2. The van der Waals surface area contributed by atoms with E-state index in [9.17, 15) is 17.6 Å². The van der Waals surface area contributed by atoms with Crippen molar-refractivity contribution in [1.29, 1.82) is 0 Å². The van der Waals surface area contributed by atoms with Gasteiger partial charge in [-0.05, 0) is 47.1 Å². The Balaban J connectivity index is 2.40. The summed E-state index contributed by atoms with van der Waals surface area (Å²) in [6.07, 6.45) is 0. The van der Waals surface area contributed by atoms with Crippen molar-refractivity contribution in [3.8, 4) is 0 Å². The lowest BCUT2D eigenvalue weighted by Gasteiger charge is -2.09. The zero-order valence-electron chi connectivity index (χ0n) is 10.7. The SMILES string of the molecule is Cc1sc(Br)cc1S(=O)(=O)Nc1ccc(F)c(C(N)=O)c1. The normalized spacial score (nSPS) is 11.4. The van der Waals surface area contributed by atoms with Gasteiger partial charge in [-0.2, -0.15) is 0 Å². The largest absolute Gasteiger partial charge is 0.366 e. The smallest absolute Gasteiger partial charge is 0.263 e. The average Bonchev–Trinajstić information content (AvgIpc) is 2.71. The molecule has 1 heterocycles. The fraction of sp³-hybridized carbons (Fsp3) is 0.0833. The fourth-order valence-electron chi connectivity index (χ4n) is 1.69. The molecule has 0 atom stereocenters. The molecule has 112 valence electrons. The van der Waals surface area contributed by atoms with E-state index >= 15 is 0 Å². The lowest BCUT2D eigenvalue weighted by atomic mass is 10.2. The third-order valence-corrected chi connectivity index (χ3v) is 5.81. The summed E-state index contributed by atoms with van der Waals surface area (Å²) >= 11 is 4.50. The highest BCUT2D eigenvalue weighted by Crippen LogP contribution is 2.31. The van der Waals surface area contributed by atoms with Crippen LogP contribution in [0.25, 0.3) is 0 Å². The first-order valence-corrected chi connectivity index (χ1v) is 8.68. The number of nitrogens with two attached hydrogens (primary N) is 1. The molecule has 2 aromatic rings. The first kappa shape index (κ1) is 15.9. The predicted octanol–water partition coefficient (Wildman–Crippen LogP) is 2.86. The van der Waals surface area contributed by atoms with E-state index in [1.54, 1.807) is 6.92 Å². The minimum Gasteiger partial charge on any atom is -0.366 e. The maximum absolute atomic E-state index is 13.4. The highest BCUT2D eigenvalue weighted by molar-refractivity contribution is 9.11. The minimum absolute atomic E-state index is 0.0620. The zero-order chi connectivity index (χ0) is 15.8. The standard InChI is InChI=1S/C12H10BrFN2O3S2/c1-6-10(5-11(13)20-6)21(18,19)16-7-2-3-9(14)8(4-7)12(15)17/h2-5,16H,1H3,(H2,15,17). The summed E-state index contributed by atoms with van der Waals surface area (Å²) in [7, 11) is -3.82. The van der Waals surface area contributed by atoms with Crippen LogP contribution in [0.3, 0.4) is 0 Å². The molecule has 1 aromatic carbocycles. The van der Waals surface area contributed by atoms with Crippen LogP contribution in [-0.4, -0.2) is 14.3 Å². The molecular formula is C12H10BrFN2O3S2. The predicted molar refractivity (Wildman–Crippen MR) is 82.5 cm³/mol. The Kier molecular flexibility index (Phi) is 4.35. The van der Waals surface area contributed by atoms with Gasteiger partial charge in [0.1, 0.15) is 10.7 Å². The molecule has 3 N–H and O–H groups in total. The lowest BCUT2D eigenvalue weighted by Crippen LogP contribution is -2.16. The molecule has 0 bridgehead atoms. The van der Waals surface area contributed by atoms with Gasteiger partial charge in [0.15, 0.2) is 0 Å². The highest BCUT2D eigenvalue weighted by Gasteiger charge is 2.20. The van der Waals surface area contributed by atoms with Gasteiger partial charge in [-0.3, -0.25) is 9.52 Å². The number of sulfonamides is 1. The Labute approximate surface area is 133 Å². The van der Waals surface area contributed by atoms with Crippen molar-refractivity contribution in [3.05, 3.63) is 44.3 Å². The first-order valence-electron chi connectivity index (χ1n) is 5.59. The molecule has 0 saturated heterocycles. The maximum atomic E-state index is 13.4. The molecule has 2 rings (SSSR count). The molecule has 0 spiro atoms. The number of aryl methyl sites for hydroxylation is 1. The van der Waals surface area contributed by atoms with E-state index < -0.39 is 21.7 Å². The molecule has 21 heavy (non-hydrogen) atoms. The second kappa shape index (κ2) is 5.74. The third kappa shape index (κ3) is 3.42. The van der Waals surface area contributed by atoms with Gasteiger partial charge in [-0.1, -0.05) is 0 Å². The van der Waals surface area contributed by atoms with Gasteiger partial charge in [-0.25, -0.2) is 12.8 Å². The topological polar surface area (TPSA) is 89.3 Å². The van der Waals surface area contributed by atoms with E-state index in [2.05, 4.69) is 20.7 Å². The minimum atomic E-state index is -3.82. The number of anilines is 1. The number of amides is 1. The van der Waals surface area contributed by atoms with Crippen LogP contribution in [0, 0.1) is 12.7 Å². The number of primary amides is 1. The van der Waals surface area contributed by atoms with Gasteiger partial charge in [0.2, 0.25) is 0 Å².